The minimum atomic E-state index is -0.265. The Morgan fingerprint density at radius 3 is 1.41 bits per heavy atom. The number of ether oxygens (including phenoxy) is 2. The molecule has 8 nitrogen and oxygen atoms in total. The predicted molar refractivity (Wildman–Crippen MR) is 105 cm³/mol. The van der Waals surface area contributed by atoms with E-state index in [0.29, 0.717) is 24.6 Å². The van der Waals surface area contributed by atoms with E-state index in [1.807, 2.05) is 0 Å². The first-order chi connectivity index (χ1) is 13.1. The summed E-state index contributed by atoms with van der Waals surface area (Å²) < 4.78 is 11.3. The maximum absolute atomic E-state index is 11.2. The highest BCUT2D eigenvalue weighted by molar-refractivity contribution is 5.89. The Bertz CT molecular complexity index is 669. The summed E-state index contributed by atoms with van der Waals surface area (Å²) in [6.07, 6.45) is 0.719. The fourth-order valence-electron chi connectivity index (χ4n) is 2.10. The Labute approximate surface area is 158 Å². The maximum Gasteiger partial charge on any atom is 0.318 e. The quantitative estimate of drug-likeness (QED) is 0.535. The van der Waals surface area contributed by atoms with E-state index in [-0.39, 0.29) is 12.1 Å². The minimum Gasteiger partial charge on any atom is -0.493 e. The summed E-state index contributed by atoms with van der Waals surface area (Å²) in [5.41, 5.74) is 1.39. The van der Waals surface area contributed by atoms with E-state index in [4.69, 9.17) is 9.47 Å². The molecule has 8 heteroatoms. The number of carbonyl (C=O) groups excluding carboxylic acids is 2. The van der Waals surface area contributed by atoms with Crippen molar-refractivity contribution in [2.24, 2.45) is 0 Å². The van der Waals surface area contributed by atoms with Gasteiger partial charge in [0.2, 0.25) is 0 Å². The molecule has 2 aromatic rings. The molecule has 0 fully saturated rings. The second-order valence-corrected chi connectivity index (χ2v) is 5.51. The van der Waals surface area contributed by atoms with Crippen molar-refractivity contribution >= 4 is 23.4 Å². The molecule has 0 radical (unpaired) electrons. The lowest BCUT2D eigenvalue weighted by Gasteiger charge is -2.10. The number of rotatable bonds is 8. The number of nitrogens with one attached hydrogen (secondary N) is 4. The van der Waals surface area contributed by atoms with Gasteiger partial charge in [-0.15, -0.1) is 0 Å². The normalized spacial score (nSPS) is 9.85. The van der Waals surface area contributed by atoms with Gasteiger partial charge in [0, 0.05) is 31.9 Å². The number of hydrogen-bond acceptors (Lipinski definition) is 4. The Kier molecular flexibility index (Phi) is 7.77. The van der Waals surface area contributed by atoms with E-state index in [0.717, 1.165) is 17.9 Å². The van der Waals surface area contributed by atoms with Crippen LogP contribution < -0.4 is 30.7 Å². The van der Waals surface area contributed by atoms with E-state index in [1.54, 1.807) is 62.6 Å². The molecule has 0 aromatic heterocycles. The molecule has 0 spiro atoms. The molecule has 2 aromatic carbocycles. The number of carbonyl (C=O) groups is 2. The minimum absolute atomic E-state index is 0.265. The van der Waals surface area contributed by atoms with Gasteiger partial charge >= 0.3 is 12.1 Å². The predicted octanol–water partition coefficient (Wildman–Crippen LogP) is 3.04. The van der Waals surface area contributed by atoms with Crippen molar-refractivity contribution in [3.05, 3.63) is 48.5 Å². The first kappa shape index (κ1) is 19.9. The smallest absolute Gasteiger partial charge is 0.318 e. The van der Waals surface area contributed by atoms with Crippen molar-refractivity contribution < 1.29 is 19.1 Å². The maximum atomic E-state index is 11.2. The van der Waals surface area contributed by atoms with E-state index >= 15 is 0 Å². The molecule has 0 saturated heterocycles. The first-order valence-electron chi connectivity index (χ1n) is 8.54. The summed E-state index contributed by atoms with van der Waals surface area (Å²) in [7, 11) is 3.12. The zero-order valence-electron chi connectivity index (χ0n) is 15.4. The van der Waals surface area contributed by atoms with Crippen molar-refractivity contribution in [2.75, 3.05) is 37.9 Å². The Balaban J connectivity index is 1.65. The van der Waals surface area contributed by atoms with Crippen LogP contribution in [-0.2, 0) is 0 Å². The van der Waals surface area contributed by atoms with Crippen LogP contribution in [0.3, 0.4) is 0 Å². The molecule has 0 bridgehead atoms. The van der Waals surface area contributed by atoms with Crippen LogP contribution in [0.1, 0.15) is 6.42 Å². The van der Waals surface area contributed by atoms with Gasteiger partial charge in [0.05, 0.1) is 13.2 Å². The van der Waals surface area contributed by atoms with Gasteiger partial charge in [-0.3, -0.25) is 0 Å². The third kappa shape index (κ3) is 7.15. The summed E-state index contributed by atoms with van der Waals surface area (Å²) in [6.45, 7) is 1.02. The molecule has 0 heterocycles. The van der Waals surface area contributed by atoms with Crippen LogP contribution in [0.2, 0.25) is 0 Å². The van der Waals surface area contributed by atoms with Crippen LogP contribution >= 0.6 is 0 Å². The lowest BCUT2D eigenvalue weighted by molar-refractivity contribution is 0.247. The van der Waals surface area contributed by atoms with Gasteiger partial charge in [0.1, 0.15) is 11.5 Å². The van der Waals surface area contributed by atoms with Crippen LogP contribution in [0, 0.1) is 0 Å². The zero-order chi connectivity index (χ0) is 19.5. The lowest BCUT2D eigenvalue weighted by Crippen LogP contribution is -2.24. The van der Waals surface area contributed by atoms with Gasteiger partial charge in [-0.05, 0) is 48.5 Å². The summed E-state index contributed by atoms with van der Waals surface area (Å²) in [4.78, 5) is 22.4. The summed E-state index contributed by atoms with van der Waals surface area (Å²) in [6, 6.07) is 13.7. The first-order valence-corrected chi connectivity index (χ1v) is 8.54. The Morgan fingerprint density at radius 2 is 1.07 bits per heavy atom. The van der Waals surface area contributed by atoms with Crippen LogP contribution in [0.4, 0.5) is 21.0 Å². The van der Waals surface area contributed by atoms with Crippen molar-refractivity contribution in [3.8, 4) is 11.5 Å². The zero-order valence-corrected chi connectivity index (χ0v) is 15.4. The van der Waals surface area contributed by atoms with Crippen LogP contribution in [0.25, 0.3) is 0 Å². The van der Waals surface area contributed by atoms with Gasteiger partial charge in [-0.25, -0.2) is 9.59 Å². The number of anilines is 2. The number of benzene rings is 2. The van der Waals surface area contributed by atoms with Crippen molar-refractivity contribution in [3.63, 3.8) is 0 Å². The Morgan fingerprint density at radius 1 is 0.704 bits per heavy atom. The molecule has 0 aliphatic rings. The summed E-state index contributed by atoms with van der Waals surface area (Å²) in [5.74, 6) is 1.45. The second-order valence-electron chi connectivity index (χ2n) is 5.51. The molecular formula is C19H24N4O4. The summed E-state index contributed by atoms with van der Waals surface area (Å²) >= 11 is 0. The third-order valence-corrected chi connectivity index (χ3v) is 3.50. The van der Waals surface area contributed by atoms with Crippen molar-refractivity contribution in [2.45, 2.75) is 6.42 Å². The fraction of sp³-hybridized carbons (Fsp3) is 0.263. The third-order valence-electron chi connectivity index (χ3n) is 3.50. The standard InChI is InChI=1S/C19H24N4O4/c1-20-18(24)22-14-4-8-16(9-5-14)26-12-3-13-27-17-10-6-15(7-11-17)23-19(25)21-2/h4-11H,3,12-13H2,1-2H3,(H2,20,22,24)(H2,21,23,25). The van der Waals surface area contributed by atoms with E-state index in [2.05, 4.69) is 21.3 Å². The summed E-state index contributed by atoms with van der Waals surface area (Å²) in [5, 5.41) is 10.3. The van der Waals surface area contributed by atoms with Crippen LogP contribution in [0.15, 0.2) is 48.5 Å². The molecule has 0 aliphatic heterocycles. The highest BCUT2D eigenvalue weighted by Gasteiger charge is 2.01. The molecule has 4 amide bonds. The SMILES string of the molecule is CNC(=O)Nc1ccc(OCCCOc2ccc(NC(=O)NC)cc2)cc1. The average molecular weight is 372 g/mol. The van der Waals surface area contributed by atoms with Gasteiger partial charge in [-0.2, -0.15) is 0 Å². The molecule has 0 atom stereocenters. The number of urea groups is 2. The highest BCUT2D eigenvalue weighted by atomic mass is 16.5. The topological polar surface area (TPSA) is 101 Å². The van der Waals surface area contributed by atoms with E-state index < -0.39 is 0 Å². The number of hydrogen-bond donors (Lipinski definition) is 4. The van der Waals surface area contributed by atoms with Gasteiger partial charge < -0.3 is 30.7 Å². The van der Waals surface area contributed by atoms with Gasteiger partial charge in [-0.1, -0.05) is 0 Å². The number of amides is 4. The molecule has 144 valence electrons. The molecular weight excluding hydrogens is 348 g/mol. The molecule has 0 aliphatic carbocycles. The fourth-order valence-corrected chi connectivity index (χ4v) is 2.10. The Hall–Kier alpha value is -3.42. The molecule has 0 unspecified atom stereocenters. The highest BCUT2D eigenvalue weighted by Crippen LogP contribution is 2.17. The molecule has 2 rings (SSSR count). The van der Waals surface area contributed by atoms with Gasteiger partial charge in [0.15, 0.2) is 0 Å². The van der Waals surface area contributed by atoms with E-state index in [9.17, 15) is 9.59 Å². The molecule has 0 saturated carbocycles. The largest absolute Gasteiger partial charge is 0.493 e. The van der Waals surface area contributed by atoms with Gasteiger partial charge in [0.25, 0.3) is 0 Å². The van der Waals surface area contributed by atoms with E-state index in [1.165, 1.54) is 0 Å². The van der Waals surface area contributed by atoms with Crippen LogP contribution in [-0.4, -0.2) is 39.4 Å². The monoisotopic (exact) mass is 372 g/mol. The van der Waals surface area contributed by atoms with Crippen LogP contribution in [0.5, 0.6) is 11.5 Å². The van der Waals surface area contributed by atoms with Crippen molar-refractivity contribution in [1.82, 2.24) is 10.6 Å². The molecule has 27 heavy (non-hydrogen) atoms. The lowest BCUT2D eigenvalue weighted by atomic mass is 10.3. The molecule has 4 N–H and O–H groups in total. The second kappa shape index (κ2) is 10.5. The van der Waals surface area contributed by atoms with Crippen molar-refractivity contribution in [1.29, 1.82) is 0 Å². The average Bonchev–Trinajstić information content (AvgIpc) is 2.70.